The predicted molar refractivity (Wildman–Crippen MR) is 73.3 cm³/mol. The lowest BCUT2D eigenvalue weighted by molar-refractivity contribution is -0.164. The van der Waals surface area contributed by atoms with Gasteiger partial charge in [0.2, 0.25) is 5.54 Å². The summed E-state index contributed by atoms with van der Waals surface area (Å²) < 4.78 is 10.6. The van der Waals surface area contributed by atoms with E-state index in [1.54, 1.807) is 38.1 Å². The molecule has 1 rings (SSSR count). The van der Waals surface area contributed by atoms with E-state index in [0.29, 0.717) is 5.56 Å². The number of esters is 2. The van der Waals surface area contributed by atoms with Gasteiger partial charge in [0, 0.05) is 4.47 Å². The van der Waals surface area contributed by atoms with Crippen LogP contribution in [0.25, 0.3) is 0 Å². The smallest absolute Gasteiger partial charge is 0.342 e. The Balaban J connectivity index is 3.21. The molecule has 1 aromatic rings. The number of benzene rings is 1. The summed E-state index contributed by atoms with van der Waals surface area (Å²) in [5.41, 5.74) is 4.35. The summed E-state index contributed by atoms with van der Waals surface area (Å²) in [4.78, 5) is 24.0. The number of carbonyl (C=O) groups excluding carboxylic acids is 2. The van der Waals surface area contributed by atoms with Gasteiger partial charge in [0.1, 0.15) is 0 Å². The van der Waals surface area contributed by atoms with Crippen molar-refractivity contribution in [1.82, 2.24) is 0 Å². The predicted octanol–water partition coefficient (Wildman–Crippen LogP) is 1.73. The monoisotopic (exact) mass is 329 g/mol. The molecule has 0 spiro atoms. The maximum Gasteiger partial charge on any atom is 0.342 e. The number of carbonyl (C=O) groups is 2. The van der Waals surface area contributed by atoms with Gasteiger partial charge in [-0.1, -0.05) is 28.1 Å². The molecule has 0 saturated heterocycles. The Morgan fingerprint density at radius 1 is 1.11 bits per heavy atom. The van der Waals surface area contributed by atoms with Gasteiger partial charge in [0.05, 0.1) is 13.2 Å². The molecule has 2 N–H and O–H groups in total. The molecule has 0 saturated carbocycles. The Hall–Kier alpha value is -1.40. The van der Waals surface area contributed by atoms with Gasteiger partial charge >= 0.3 is 11.9 Å². The van der Waals surface area contributed by atoms with Crippen molar-refractivity contribution in [3.05, 3.63) is 34.3 Å². The maximum absolute atomic E-state index is 12.0. The van der Waals surface area contributed by atoms with Crippen molar-refractivity contribution in [3.63, 3.8) is 0 Å². The van der Waals surface area contributed by atoms with E-state index in [2.05, 4.69) is 15.9 Å². The Bertz CT molecular complexity index is 440. The number of nitrogens with two attached hydrogens (primary N) is 1. The van der Waals surface area contributed by atoms with E-state index in [4.69, 9.17) is 15.2 Å². The first-order chi connectivity index (χ1) is 8.96. The van der Waals surface area contributed by atoms with Crippen molar-refractivity contribution in [1.29, 1.82) is 0 Å². The molecule has 0 heterocycles. The third-order valence-electron chi connectivity index (χ3n) is 2.49. The zero-order valence-corrected chi connectivity index (χ0v) is 12.4. The maximum atomic E-state index is 12.0. The highest BCUT2D eigenvalue weighted by atomic mass is 79.9. The average molecular weight is 330 g/mol. The van der Waals surface area contributed by atoms with Crippen molar-refractivity contribution in [2.45, 2.75) is 19.4 Å². The molecule has 0 atom stereocenters. The molecule has 19 heavy (non-hydrogen) atoms. The molecule has 0 bridgehead atoms. The summed E-state index contributed by atoms with van der Waals surface area (Å²) in [5, 5.41) is 0. The summed E-state index contributed by atoms with van der Waals surface area (Å²) in [6.45, 7) is 3.55. The number of hydrogen-bond acceptors (Lipinski definition) is 5. The van der Waals surface area contributed by atoms with E-state index in [0.717, 1.165) is 4.47 Å². The van der Waals surface area contributed by atoms with Gasteiger partial charge in [-0.05, 0) is 31.5 Å². The van der Waals surface area contributed by atoms with Crippen LogP contribution in [0.3, 0.4) is 0 Å². The van der Waals surface area contributed by atoms with E-state index in [1.165, 1.54) is 0 Å². The fourth-order valence-corrected chi connectivity index (χ4v) is 1.79. The van der Waals surface area contributed by atoms with E-state index >= 15 is 0 Å². The molecule has 0 fully saturated rings. The molecule has 0 amide bonds. The van der Waals surface area contributed by atoms with Crippen LogP contribution in [0.2, 0.25) is 0 Å². The lowest BCUT2D eigenvalue weighted by Crippen LogP contribution is -2.53. The number of rotatable bonds is 5. The van der Waals surface area contributed by atoms with Crippen LogP contribution < -0.4 is 5.73 Å². The highest BCUT2D eigenvalue weighted by Gasteiger charge is 2.47. The summed E-state index contributed by atoms with van der Waals surface area (Å²) >= 11 is 3.27. The van der Waals surface area contributed by atoms with Crippen LogP contribution in [0.15, 0.2) is 28.7 Å². The van der Waals surface area contributed by atoms with Gasteiger partial charge in [-0.2, -0.15) is 0 Å². The van der Waals surface area contributed by atoms with E-state index in [-0.39, 0.29) is 13.2 Å². The highest BCUT2D eigenvalue weighted by Crippen LogP contribution is 2.24. The first-order valence-corrected chi connectivity index (χ1v) is 6.65. The van der Waals surface area contributed by atoms with Crippen molar-refractivity contribution in [3.8, 4) is 0 Å². The van der Waals surface area contributed by atoms with E-state index < -0.39 is 17.5 Å². The summed E-state index contributed by atoms with van der Waals surface area (Å²) in [6.07, 6.45) is 0. The molecule has 0 aliphatic carbocycles. The van der Waals surface area contributed by atoms with Gasteiger partial charge in [0.15, 0.2) is 0 Å². The van der Waals surface area contributed by atoms with Gasteiger partial charge in [0.25, 0.3) is 0 Å². The SMILES string of the molecule is CCOC(=O)C(N)(C(=O)OCC)c1ccc(Br)cc1. The fourth-order valence-electron chi connectivity index (χ4n) is 1.52. The number of halogens is 1. The van der Waals surface area contributed by atoms with Crippen LogP contribution in [0.5, 0.6) is 0 Å². The second-order valence-corrected chi connectivity index (χ2v) is 4.67. The molecule has 1 aromatic carbocycles. The lowest BCUT2D eigenvalue weighted by Gasteiger charge is -2.25. The van der Waals surface area contributed by atoms with E-state index in [9.17, 15) is 9.59 Å². The highest BCUT2D eigenvalue weighted by molar-refractivity contribution is 9.10. The molecular formula is C13H16BrNO4. The normalized spacial score (nSPS) is 10.9. The molecule has 5 nitrogen and oxygen atoms in total. The van der Waals surface area contributed by atoms with Crippen LogP contribution in [0.4, 0.5) is 0 Å². The van der Waals surface area contributed by atoms with Crippen molar-refractivity contribution >= 4 is 27.9 Å². The van der Waals surface area contributed by atoms with Gasteiger partial charge in [-0.15, -0.1) is 0 Å². The van der Waals surface area contributed by atoms with Crippen LogP contribution >= 0.6 is 15.9 Å². The first kappa shape index (κ1) is 15.7. The number of hydrogen-bond donors (Lipinski definition) is 1. The van der Waals surface area contributed by atoms with Crippen LogP contribution in [0, 0.1) is 0 Å². The first-order valence-electron chi connectivity index (χ1n) is 5.86. The van der Waals surface area contributed by atoms with Crippen molar-refractivity contribution in [2.75, 3.05) is 13.2 Å². The molecule has 0 unspecified atom stereocenters. The minimum atomic E-state index is -1.94. The zero-order valence-electron chi connectivity index (χ0n) is 10.8. The minimum absolute atomic E-state index is 0.133. The van der Waals surface area contributed by atoms with Crippen molar-refractivity contribution in [2.24, 2.45) is 5.73 Å². The minimum Gasteiger partial charge on any atom is -0.464 e. The molecule has 0 radical (unpaired) electrons. The van der Waals surface area contributed by atoms with E-state index in [1.807, 2.05) is 0 Å². The standard InChI is InChI=1S/C13H16BrNO4/c1-3-18-11(16)13(15,12(17)19-4-2)9-5-7-10(14)8-6-9/h5-8H,3-4,15H2,1-2H3. The second kappa shape index (κ2) is 6.68. The van der Waals surface area contributed by atoms with Gasteiger partial charge in [-0.25, -0.2) is 9.59 Å². The molecule has 0 aromatic heterocycles. The van der Waals surface area contributed by atoms with Gasteiger partial charge in [-0.3, -0.25) is 0 Å². The third-order valence-corrected chi connectivity index (χ3v) is 3.02. The van der Waals surface area contributed by atoms with Crippen LogP contribution in [0.1, 0.15) is 19.4 Å². The number of ether oxygens (including phenoxy) is 2. The molecule has 0 aliphatic rings. The van der Waals surface area contributed by atoms with Crippen LogP contribution in [-0.4, -0.2) is 25.2 Å². The third kappa shape index (κ3) is 3.33. The molecule has 0 aliphatic heterocycles. The van der Waals surface area contributed by atoms with Crippen LogP contribution in [-0.2, 0) is 24.6 Å². The topological polar surface area (TPSA) is 78.6 Å². The molecular weight excluding hydrogens is 314 g/mol. The lowest BCUT2D eigenvalue weighted by atomic mass is 9.91. The Labute approximate surface area is 120 Å². The largest absolute Gasteiger partial charge is 0.464 e. The summed E-state index contributed by atoms with van der Waals surface area (Å²) in [5.74, 6) is -1.65. The zero-order chi connectivity index (χ0) is 14.5. The molecule has 6 heteroatoms. The summed E-state index contributed by atoms with van der Waals surface area (Å²) in [6, 6.07) is 6.54. The molecule has 104 valence electrons. The van der Waals surface area contributed by atoms with Gasteiger partial charge < -0.3 is 15.2 Å². The Morgan fingerprint density at radius 3 is 1.89 bits per heavy atom. The second-order valence-electron chi connectivity index (χ2n) is 3.76. The quantitative estimate of drug-likeness (QED) is 0.657. The average Bonchev–Trinajstić information content (AvgIpc) is 2.39. The fraction of sp³-hybridized carbons (Fsp3) is 0.385. The summed E-state index contributed by atoms with van der Waals surface area (Å²) in [7, 11) is 0. The Kier molecular flexibility index (Phi) is 5.50. The van der Waals surface area contributed by atoms with Crippen molar-refractivity contribution < 1.29 is 19.1 Å². The Morgan fingerprint density at radius 2 is 1.53 bits per heavy atom.